The molecule has 0 rings (SSSR count). The van der Waals surface area contributed by atoms with E-state index in [0.717, 1.165) is 19.3 Å². The molecule has 0 radical (unpaired) electrons. The van der Waals surface area contributed by atoms with Gasteiger partial charge in [-0.3, -0.25) is 10.1 Å². The van der Waals surface area contributed by atoms with Gasteiger partial charge in [-0.1, -0.05) is 0 Å². The number of esters is 1. The third-order valence-electron chi connectivity index (χ3n) is 0.802. The first-order valence-electron chi connectivity index (χ1n) is 2.86. The second-order valence-corrected chi connectivity index (χ2v) is 1.65. The summed E-state index contributed by atoms with van der Waals surface area (Å²) >= 11 is 0. The van der Waals surface area contributed by atoms with Crippen LogP contribution in [-0.4, -0.2) is 30.2 Å². The number of carboxylic acid groups (broad SMARTS) is 1. The van der Waals surface area contributed by atoms with E-state index in [2.05, 4.69) is 4.74 Å². The monoisotopic (exact) mass is 173 g/mol. The summed E-state index contributed by atoms with van der Waals surface area (Å²) in [6.07, 6.45) is 0.104. The largest absolute Gasteiger partial charge is 0.466 e. The average Bonchev–Trinajstić information content (AvgIpc) is 1.99. The second kappa shape index (κ2) is 4.89. The number of hydrogen-bond acceptors (Lipinski definition) is 4. The van der Waals surface area contributed by atoms with Crippen LogP contribution in [0.3, 0.4) is 0 Å². The smallest absolute Gasteiger partial charge is 0.411 e. The third kappa shape index (κ3) is 4.98. The van der Waals surface area contributed by atoms with Crippen LogP contribution in [0.2, 0.25) is 0 Å². The van der Waals surface area contributed by atoms with Gasteiger partial charge in [-0.2, -0.15) is 0 Å². The molecule has 0 saturated carbocycles. The van der Waals surface area contributed by atoms with E-state index in [1.807, 2.05) is 0 Å². The lowest BCUT2D eigenvalue weighted by Crippen LogP contribution is -2.26. The molecular weight excluding hydrogens is 166 g/mol. The van der Waals surface area contributed by atoms with Gasteiger partial charge in [0.2, 0.25) is 0 Å². The molecule has 0 atom stereocenters. The molecule has 6 heteroatoms. The van der Waals surface area contributed by atoms with Crippen molar-refractivity contribution in [3.63, 3.8) is 0 Å². The van der Waals surface area contributed by atoms with Crippen LogP contribution in [0.5, 0.6) is 0 Å². The van der Waals surface area contributed by atoms with Crippen LogP contribution < -0.4 is 5.32 Å². The Morgan fingerprint density at radius 2 is 1.92 bits per heavy atom. The van der Waals surface area contributed by atoms with E-state index in [1.165, 1.54) is 5.32 Å². The quantitative estimate of drug-likeness (QED) is 0.434. The first-order valence-corrected chi connectivity index (χ1v) is 2.86. The Hall–Kier alpha value is -1.85. The van der Waals surface area contributed by atoms with Crippen molar-refractivity contribution in [2.75, 3.05) is 7.11 Å². The van der Waals surface area contributed by atoms with Gasteiger partial charge in [0.15, 0.2) is 0 Å². The van der Waals surface area contributed by atoms with E-state index in [-0.39, 0.29) is 0 Å². The molecule has 2 N–H and O–H groups in total. The van der Waals surface area contributed by atoms with Crippen molar-refractivity contribution in [3.8, 4) is 0 Å². The van der Waals surface area contributed by atoms with Gasteiger partial charge in [0.1, 0.15) is 0 Å². The molecule has 0 bridgehead atoms. The molecule has 0 heterocycles. The SMILES string of the molecule is COC(=O)/C=C\C(=O)NC(=O)O. The molecule has 12 heavy (non-hydrogen) atoms. The first-order chi connectivity index (χ1) is 5.56. The Bertz CT molecular complexity index is 232. The van der Waals surface area contributed by atoms with E-state index in [9.17, 15) is 14.4 Å². The maximum absolute atomic E-state index is 10.5. The molecule has 0 aromatic rings. The minimum atomic E-state index is -1.48. The highest BCUT2D eigenvalue weighted by Gasteiger charge is 2.00. The molecule has 0 spiro atoms. The van der Waals surface area contributed by atoms with E-state index in [4.69, 9.17) is 5.11 Å². The van der Waals surface area contributed by atoms with Crippen molar-refractivity contribution in [1.29, 1.82) is 0 Å². The molecule has 0 fully saturated rings. The van der Waals surface area contributed by atoms with Crippen molar-refractivity contribution in [2.24, 2.45) is 0 Å². The average molecular weight is 173 g/mol. The highest BCUT2D eigenvalue weighted by atomic mass is 16.5. The van der Waals surface area contributed by atoms with Gasteiger partial charge in [0.05, 0.1) is 7.11 Å². The first kappa shape index (κ1) is 10.2. The molecule has 0 unspecified atom stereocenters. The van der Waals surface area contributed by atoms with Gasteiger partial charge in [-0.05, 0) is 0 Å². The fourth-order valence-electron chi connectivity index (χ4n) is 0.359. The van der Waals surface area contributed by atoms with Crippen LogP contribution in [0.15, 0.2) is 12.2 Å². The maximum Gasteiger partial charge on any atom is 0.411 e. The third-order valence-corrected chi connectivity index (χ3v) is 0.802. The minimum Gasteiger partial charge on any atom is -0.466 e. The van der Waals surface area contributed by atoms with Crippen molar-refractivity contribution in [1.82, 2.24) is 5.32 Å². The highest BCUT2D eigenvalue weighted by molar-refractivity contribution is 6.00. The van der Waals surface area contributed by atoms with Gasteiger partial charge >= 0.3 is 12.1 Å². The van der Waals surface area contributed by atoms with Crippen molar-refractivity contribution in [3.05, 3.63) is 12.2 Å². The zero-order chi connectivity index (χ0) is 9.56. The Kier molecular flexibility index (Phi) is 4.13. The fraction of sp³-hybridized carbons (Fsp3) is 0.167. The lowest BCUT2D eigenvalue weighted by atomic mass is 10.5. The fourth-order valence-corrected chi connectivity index (χ4v) is 0.359. The zero-order valence-electron chi connectivity index (χ0n) is 6.23. The number of imide groups is 1. The van der Waals surface area contributed by atoms with Crippen molar-refractivity contribution in [2.45, 2.75) is 0 Å². The molecule has 0 aliphatic rings. The van der Waals surface area contributed by atoms with Crippen LogP contribution in [0.25, 0.3) is 0 Å². The number of rotatable bonds is 2. The number of carbonyl (C=O) groups is 3. The standard InChI is InChI=1S/C6H7NO5/c1-12-5(9)3-2-4(8)7-6(10)11/h2-3H,1H3,(H,7,8)(H,10,11)/b3-2-. The van der Waals surface area contributed by atoms with Crippen molar-refractivity contribution >= 4 is 18.0 Å². The van der Waals surface area contributed by atoms with Crippen molar-refractivity contribution < 1.29 is 24.2 Å². The summed E-state index contributed by atoms with van der Waals surface area (Å²) in [5.74, 6) is -1.62. The predicted molar refractivity (Wildman–Crippen MR) is 37.3 cm³/mol. The second-order valence-electron chi connectivity index (χ2n) is 1.65. The Balaban J connectivity index is 3.91. The molecule has 0 saturated heterocycles. The Labute approximate surface area is 67.8 Å². The summed E-state index contributed by atoms with van der Waals surface area (Å²) in [5, 5.41) is 9.53. The van der Waals surface area contributed by atoms with Crippen LogP contribution in [0.4, 0.5) is 4.79 Å². The van der Waals surface area contributed by atoms with Crippen LogP contribution in [0, 0.1) is 0 Å². The number of nitrogens with one attached hydrogen (secondary N) is 1. The van der Waals surface area contributed by atoms with E-state index in [0.29, 0.717) is 0 Å². The topological polar surface area (TPSA) is 92.7 Å². The van der Waals surface area contributed by atoms with Gasteiger partial charge in [0, 0.05) is 12.2 Å². The molecule has 66 valence electrons. The van der Waals surface area contributed by atoms with Gasteiger partial charge in [-0.25, -0.2) is 9.59 Å². The van der Waals surface area contributed by atoms with Gasteiger partial charge in [-0.15, -0.1) is 0 Å². The van der Waals surface area contributed by atoms with E-state index < -0.39 is 18.0 Å². The number of ether oxygens (including phenoxy) is 1. The summed E-state index contributed by atoms with van der Waals surface area (Å²) in [6.45, 7) is 0. The lowest BCUT2D eigenvalue weighted by Gasteiger charge is -1.91. The molecule has 0 aromatic carbocycles. The minimum absolute atomic E-state index is 0.726. The predicted octanol–water partition coefficient (Wildman–Crippen LogP) is -0.490. The highest BCUT2D eigenvalue weighted by Crippen LogP contribution is 1.78. The van der Waals surface area contributed by atoms with Crippen LogP contribution in [0.1, 0.15) is 0 Å². The number of hydrogen-bond donors (Lipinski definition) is 2. The number of methoxy groups -OCH3 is 1. The molecule has 0 aliphatic carbocycles. The molecule has 6 nitrogen and oxygen atoms in total. The summed E-state index contributed by atoms with van der Waals surface area (Å²) in [4.78, 5) is 30.7. The summed E-state index contributed by atoms with van der Waals surface area (Å²) < 4.78 is 4.15. The summed E-state index contributed by atoms with van der Waals surface area (Å²) in [6, 6.07) is 0. The number of carbonyl (C=O) groups excluding carboxylic acids is 2. The molecule has 0 aliphatic heterocycles. The Morgan fingerprint density at radius 3 is 2.33 bits per heavy atom. The normalized spacial score (nSPS) is 9.42. The van der Waals surface area contributed by atoms with Gasteiger partial charge < -0.3 is 9.84 Å². The maximum atomic E-state index is 10.5. The van der Waals surface area contributed by atoms with E-state index >= 15 is 0 Å². The van der Waals surface area contributed by atoms with E-state index in [1.54, 1.807) is 0 Å². The van der Waals surface area contributed by atoms with Crippen LogP contribution in [-0.2, 0) is 14.3 Å². The summed E-state index contributed by atoms with van der Waals surface area (Å²) in [7, 11) is 1.14. The summed E-state index contributed by atoms with van der Waals surface area (Å²) in [5.41, 5.74) is 0. The number of amides is 2. The zero-order valence-corrected chi connectivity index (χ0v) is 6.23. The lowest BCUT2D eigenvalue weighted by molar-refractivity contribution is -0.135. The molecular formula is C6H7NO5. The molecule has 2 amide bonds. The van der Waals surface area contributed by atoms with Crippen LogP contribution >= 0.6 is 0 Å². The Morgan fingerprint density at radius 1 is 1.33 bits per heavy atom. The molecule has 0 aromatic heterocycles. The van der Waals surface area contributed by atoms with Gasteiger partial charge in [0.25, 0.3) is 5.91 Å².